The van der Waals surface area contributed by atoms with Crippen molar-refractivity contribution in [2.24, 2.45) is 0 Å². The topological polar surface area (TPSA) is 57.5 Å². The van der Waals surface area contributed by atoms with E-state index in [0.717, 1.165) is 25.1 Å². The van der Waals surface area contributed by atoms with Crippen molar-refractivity contribution in [3.05, 3.63) is 53.4 Å². The Morgan fingerprint density at radius 2 is 1.92 bits per heavy atom. The van der Waals surface area contributed by atoms with Crippen LogP contribution in [0.15, 0.2) is 47.1 Å². The highest BCUT2D eigenvalue weighted by atomic mass is 35.5. The van der Waals surface area contributed by atoms with Gasteiger partial charge in [-0.05, 0) is 49.9 Å². The third-order valence-electron chi connectivity index (χ3n) is 5.26. The summed E-state index contributed by atoms with van der Waals surface area (Å²) in [5, 5.41) is 6.51. The van der Waals surface area contributed by atoms with Gasteiger partial charge in [-0.15, -0.1) is 0 Å². The van der Waals surface area contributed by atoms with Crippen LogP contribution in [0.1, 0.15) is 31.4 Å². The molecule has 6 heteroatoms. The summed E-state index contributed by atoms with van der Waals surface area (Å²) >= 11 is 6.10. The van der Waals surface area contributed by atoms with Gasteiger partial charge in [-0.3, -0.25) is 4.90 Å². The van der Waals surface area contributed by atoms with Crippen molar-refractivity contribution in [1.29, 1.82) is 0 Å². The molecule has 1 unspecified atom stereocenters. The second-order valence-electron chi connectivity index (χ2n) is 6.88. The second-order valence-corrected chi connectivity index (χ2v) is 7.29. The van der Waals surface area contributed by atoms with Gasteiger partial charge in [-0.25, -0.2) is 4.79 Å². The Hall–Kier alpha value is -1.98. The summed E-state index contributed by atoms with van der Waals surface area (Å²) in [4.78, 5) is 14.8. The molecule has 3 atom stereocenters. The molecule has 1 aromatic carbocycles. The monoisotopic (exact) mass is 359 g/mol. The molecule has 2 N–H and O–H groups in total. The summed E-state index contributed by atoms with van der Waals surface area (Å²) in [5.41, 5.74) is 0.639. The van der Waals surface area contributed by atoms with Crippen molar-refractivity contribution in [3.8, 4) is 0 Å². The van der Waals surface area contributed by atoms with E-state index >= 15 is 0 Å². The highest BCUT2D eigenvalue weighted by Gasteiger charge is 2.41. The molecule has 0 saturated carbocycles. The van der Waals surface area contributed by atoms with Crippen LogP contribution in [-0.4, -0.2) is 29.1 Å². The number of halogens is 1. The average Bonchev–Trinajstić information content (AvgIpc) is 3.17. The number of hydrogen-bond acceptors (Lipinski definition) is 3. The number of fused-ring (bicyclic) bond motifs is 2. The maximum Gasteiger partial charge on any atom is 0.319 e. The first-order chi connectivity index (χ1) is 12.2. The van der Waals surface area contributed by atoms with E-state index < -0.39 is 0 Å². The molecule has 2 aliphatic rings. The zero-order valence-corrected chi connectivity index (χ0v) is 14.7. The number of furan rings is 1. The number of nitrogens with one attached hydrogen (secondary N) is 2. The third kappa shape index (κ3) is 3.67. The summed E-state index contributed by atoms with van der Waals surface area (Å²) < 4.78 is 5.50. The van der Waals surface area contributed by atoms with Crippen molar-refractivity contribution in [3.63, 3.8) is 0 Å². The van der Waals surface area contributed by atoms with Gasteiger partial charge < -0.3 is 15.1 Å². The normalized spacial score (nSPS) is 25.7. The summed E-state index contributed by atoms with van der Waals surface area (Å²) in [7, 11) is 0. The lowest BCUT2D eigenvalue weighted by atomic mass is 9.97. The van der Waals surface area contributed by atoms with E-state index in [-0.39, 0.29) is 12.1 Å². The molecule has 25 heavy (non-hydrogen) atoms. The minimum absolute atomic E-state index is 0.183. The number of rotatable bonds is 4. The predicted molar refractivity (Wildman–Crippen MR) is 97.7 cm³/mol. The van der Waals surface area contributed by atoms with Crippen molar-refractivity contribution >= 4 is 23.3 Å². The number of piperidine rings is 1. The lowest BCUT2D eigenvalue weighted by Gasteiger charge is -2.38. The zero-order chi connectivity index (χ0) is 17.2. The van der Waals surface area contributed by atoms with Gasteiger partial charge in [0.15, 0.2) is 0 Å². The third-order valence-corrected chi connectivity index (χ3v) is 5.59. The quantitative estimate of drug-likeness (QED) is 0.858. The number of benzene rings is 1. The largest absolute Gasteiger partial charge is 0.468 e. The van der Waals surface area contributed by atoms with E-state index in [2.05, 4.69) is 15.5 Å². The van der Waals surface area contributed by atoms with Gasteiger partial charge in [0, 0.05) is 18.1 Å². The van der Waals surface area contributed by atoms with Crippen molar-refractivity contribution in [1.82, 2.24) is 10.2 Å². The lowest BCUT2D eigenvalue weighted by molar-refractivity contribution is 0.104. The molecule has 5 nitrogen and oxygen atoms in total. The molecule has 2 saturated heterocycles. The summed E-state index contributed by atoms with van der Waals surface area (Å²) in [6, 6.07) is 12.3. The van der Waals surface area contributed by atoms with E-state index in [1.54, 1.807) is 18.4 Å². The van der Waals surface area contributed by atoms with Gasteiger partial charge in [0.2, 0.25) is 0 Å². The molecule has 4 rings (SSSR count). The molecule has 2 aromatic rings. The van der Waals surface area contributed by atoms with Crippen LogP contribution in [0.4, 0.5) is 10.5 Å². The smallest absolute Gasteiger partial charge is 0.319 e. The van der Waals surface area contributed by atoms with Gasteiger partial charge in [0.05, 0.1) is 23.5 Å². The Kier molecular flexibility index (Phi) is 4.68. The molecule has 0 aliphatic carbocycles. The lowest BCUT2D eigenvalue weighted by Crippen LogP contribution is -2.50. The van der Waals surface area contributed by atoms with Crippen LogP contribution >= 0.6 is 11.6 Å². The summed E-state index contributed by atoms with van der Waals surface area (Å²) in [6.45, 7) is 0.862. The number of nitrogens with zero attached hydrogens (tertiary/aromatic N) is 1. The Balaban J connectivity index is 1.33. The number of anilines is 1. The first kappa shape index (κ1) is 16.5. The molecule has 132 valence electrons. The Morgan fingerprint density at radius 1 is 1.16 bits per heavy atom. The Morgan fingerprint density at radius 3 is 2.60 bits per heavy atom. The van der Waals surface area contributed by atoms with Crippen molar-refractivity contribution in [2.75, 3.05) is 5.32 Å². The molecule has 0 spiro atoms. The van der Waals surface area contributed by atoms with E-state index in [4.69, 9.17) is 16.0 Å². The molecular weight excluding hydrogens is 338 g/mol. The van der Waals surface area contributed by atoms with Crippen LogP contribution < -0.4 is 10.6 Å². The molecule has 0 radical (unpaired) electrons. The Labute approximate surface area is 152 Å². The molecule has 3 heterocycles. The van der Waals surface area contributed by atoms with Gasteiger partial charge in [0.25, 0.3) is 0 Å². The number of hydrogen-bond donors (Lipinski definition) is 2. The minimum Gasteiger partial charge on any atom is -0.468 e. The van der Waals surface area contributed by atoms with Crippen LogP contribution in [0.3, 0.4) is 0 Å². The van der Waals surface area contributed by atoms with Gasteiger partial charge in [-0.1, -0.05) is 23.7 Å². The fourth-order valence-corrected chi connectivity index (χ4v) is 4.32. The van der Waals surface area contributed by atoms with Crippen LogP contribution in [0.25, 0.3) is 0 Å². The molecular formula is C19H22ClN3O2. The first-order valence-corrected chi connectivity index (χ1v) is 9.17. The minimum atomic E-state index is -0.183. The molecule has 2 amide bonds. The molecule has 2 aliphatic heterocycles. The first-order valence-electron chi connectivity index (χ1n) is 8.79. The van der Waals surface area contributed by atoms with Crippen LogP contribution in [-0.2, 0) is 6.54 Å². The maximum absolute atomic E-state index is 12.3. The number of carbonyl (C=O) groups excluding carboxylic acids is 1. The average molecular weight is 360 g/mol. The van der Waals surface area contributed by atoms with E-state index in [1.165, 1.54) is 12.8 Å². The number of carbonyl (C=O) groups is 1. The standard InChI is InChI=1S/C19H22ClN3O2/c20-17-5-1-2-6-18(17)22-19(24)21-13-10-14-7-8-15(11-13)23(14)12-16-4-3-9-25-16/h1-6,9,13-15H,7-8,10-12H2,(H2,21,22,24)/t13?,14-,15+. The van der Waals surface area contributed by atoms with Crippen LogP contribution in [0.5, 0.6) is 0 Å². The number of urea groups is 1. The highest BCUT2D eigenvalue weighted by Crippen LogP contribution is 2.37. The van der Waals surface area contributed by atoms with Gasteiger partial charge >= 0.3 is 6.03 Å². The van der Waals surface area contributed by atoms with Gasteiger partial charge in [0.1, 0.15) is 5.76 Å². The van der Waals surface area contributed by atoms with Crippen LogP contribution in [0, 0.1) is 0 Å². The number of amides is 2. The summed E-state index contributed by atoms with van der Waals surface area (Å²) in [5.74, 6) is 1.01. The van der Waals surface area contributed by atoms with Crippen molar-refractivity contribution in [2.45, 2.75) is 50.4 Å². The molecule has 2 bridgehead atoms. The predicted octanol–water partition coefficient (Wildman–Crippen LogP) is 4.25. The maximum atomic E-state index is 12.3. The fraction of sp³-hybridized carbons (Fsp3) is 0.421. The van der Waals surface area contributed by atoms with Crippen LogP contribution in [0.2, 0.25) is 5.02 Å². The van der Waals surface area contributed by atoms with E-state index in [1.807, 2.05) is 24.3 Å². The SMILES string of the molecule is O=C(Nc1ccccc1Cl)NC1C[C@H]2CC[C@@H](C1)N2Cc1ccco1. The molecule has 2 fully saturated rings. The van der Waals surface area contributed by atoms with Gasteiger partial charge in [-0.2, -0.15) is 0 Å². The molecule has 1 aromatic heterocycles. The zero-order valence-electron chi connectivity index (χ0n) is 14.0. The second kappa shape index (κ2) is 7.10. The number of para-hydroxylation sites is 1. The van der Waals surface area contributed by atoms with Crippen molar-refractivity contribution < 1.29 is 9.21 Å². The fourth-order valence-electron chi connectivity index (χ4n) is 4.14. The Bertz CT molecular complexity index is 720. The van der Waals surface area contributed by atoms with E-state index in [0.29, 0.717) is 22.8 Å². The van der Waals surface area contributed by atoms with E-state index in [9.17, 15) is 4.79 Å². The summed E-state index contributed by atoms with van der Waals surface area (Å²) in [6.07, 6.45) is 6.07. The highest BCUT2D eigenvalue weighted by molar-refractivity contribution is 6.33.